The summed E-state index contributed by atoms with van der Waals surface area (Å²) >= 11 is 0. The normalized spacial score (nSPS) is 16.4. The monoisotopic (exact) mass is 449 g/mol. The Morgan fingerprint density at radius 2 is 1.87 bits per heavy atom. The van der Waals surface area contributed by atoms with Crippen molar-refractivity contribution in [3.8, 4) is 0 Å². The lowest BCUT2D eigenvalue weighted by molar-refractivity contribution is -0.883. The number of aromatic amines is 1. The van der Waals surface area contributed by atoms with Crippen LogP contribution >= 0.6 is 0 Å². The fourth-order valence-electron chi connectivity index (χ4n) is 3.43. The maximum atomic E-state index is 13.1. The molecule has 9 heteroatoms. The SMILES string of the molecule is C/C=C/NC(=O)C(=C\c1[nH]c(C)c(C(=O)N2CC[NH+](C)CC2)c1C)/C=C/CS(C)(=O)=O. The van der Waals surface area contributed by atoms with E-state index in [1.807, 2.05) is 18.7 Å². The van der Waals surface area contributed by atoms with Crippen molar-refractivity contribution in [2.75, 3.05) is 45.2 Å². The lowest BCUT2D eigenvalue weighted by atomic mass is 10.1. The zero-order chi connectivity index (χ0) is 23.2. The number of H-pyrrole nitrogens is 1. The van der Waals surface area contributed by atoms with Crippen molar-refractivity contribution < 1.29 is 22.9 Å². The number of piperazine rings is 1. The standard InChI is InChI=1S/C22H32N4O4S/c1-6-9-23-21(27)18(8-7-14-31(5,29)30)15-19-16(2)20(17(3)24-19)22(28)26-12-10-25(4)11-13-26/h6-9,15,24H,10-14H2,1-5H3,(H,23,27)/p+1/b8-7+,9-6+,18-15-. The van der Waals surface area contributed by atoms with Gasteiger partial charge in [-0.05, 0) is 38.6 Å². The second-order valence-electron chi connectivity index (χ2n) is 7.98. The second-order valence-corrected chi connectivity index (χ2v) is 10.2. The van der Waals surface area contributed by atoms with Gasteiger partial charge in [-0.25, -0.2) is 8.42 Å². The van der Waals surface area contributed by atoms with Crippen LogP contribution in [0.15, 0.2) is 30.0 Å². The highest BCUT2D eigenvalue weighted by Gasteiger charge is 2.26. The van der Waals surface area contributed by atoms with Crippen molar-refractivity contribution in [3.63, 3.8) is 0 Å². The van der Waals surface area contributed by atoms with E-state index in [0.717, 1.165) is 30.6 Å². The highest BCUT2D eigenvalue weighted by molar-refractivity contribution is 7.90. The van der Waals surface area contributed by atoms with E-state index in [1.165, 1.54) is 23.3 Å². The zero-order valence-corrected chi connectivity index (χ0v) is 19.7. The van der Waals surface area contributed by atoms with Crippen molar-refractivity contribution in [2.45, 2.75) is 20.8 Å². The molecule has 1 aromatic heterocycles. The Morgan fingerprint density at radius 1 is 1.23 bits per heavy atom. The van der Waals surface area contributed by atoms with E-state index < -0.39 is 9.84 Å². The van der Waals surface area contributed by atoms with Gasteiger partial charge >= 0.3 is 0 Å². The number of allylic oxidation sites excluding steroid dienone is 1. The Bertz CT molecular complexity index is 1010. The van der Waals surface area contributed by atoms with Gasteiger partial charge in [0.2, 0.25) is 0 Å². The van der Waals surface area contributed by atoms with Gasteiger partial charge in [-0.2, -0.15) is 0 Å². The summed E-state index contributed by atoms with van der Waals surface area (Å²) in [6.07, 6.45) is 8.91. The molecule has 0 spiro atoms. The van der Waals surface area contributed by atoms with Gasteiger partial charge in [-0.15, -0.1) is 0 Å². The fraction of sp³-hybridized carbons (Fsp3) is 0.455. The van der Waals surface area contributed by atoms with Gasteiger partial charge in [0.1, 0.15) is 0 Å². The molecule has 2 heterocycles. The molecule has 0 atom stereocenters. The predicted molar refractivity (Wildman–Crippen MR) is 123 cm³/mol. The van der Waals surface area contributed by atoms with Gasteiger partial charge in [0.25, 0.3) is 11.8 Å². The van der Waals surface area contributed by atoms with Gasteiger partial charge in [0.05, 0.1) is 44.5 Å². The molecule has 31 heavy (non-hydrogen) atoms. The van der Waals surface area contributed by atoms with E-state index in [9.17, 15) is 18.0 Å². The van der Waals surface area contributed by atoms with E-state index >= 15 is 0 Å². The van der Waals surface area contributed by atoms with Crippen LogP contribution in [0.25, 0.3) is 6.08 Å². The second kappa shape index (κ2) is 10.6. The van der Waals surface area contributed by atoms with Gasteiger partial charge in [-0.1, -0.05) is 18.2 Å². The van der Waals surface area contributed by atoms with E-state index in [-0.39, 0.29) is 23.1 Å². The van der Waals surface area contributed by atoms with Crippen molar-refractivity contribution in [2.24, 2.45) is 0 Å². The minimum atomic E-state index is -3.19. The maximum Gasteiger partial charge on any atom is 0.256 e. The molecule has 0 saturated carbocycles. The van der Waals surface area contributed by atoms with Crippen molar-refractivity contribution in [3.05, 3.63) is 52.5 Å². The number of hydrogen-bond acceptors (Lipinski definition) is 4. The molecule has 1 fully saturated rings. The lowest BCUT2D eigenvalue weighted by Crippen LogP contribution is -3.12. The minimum Gasteiger partial charge on any atom is -0.358 e. The van der Waals surface area contributed by atoms with Gasteiger partial charge in [0, 0.05) is 23.2 Å². The van der Waals surface area contributed by atoms with Crippen LogP contribution in [-0.2, 0) is 14.6 Å². The molecule has 0 radical (unpaired) electrons. The molecule has 0 unspecified atom stereocenters. The van der Waals surface area contributed by atoms with Gasteiger partial charge in [-0.3, -0.25) is 9.59 Å². The number of amides is 2. The van der Waals surface area contributed by atoms with Crippen molar-refractivity contribution in [1.82, 2.24) is 15.2 Å². The Kier molecular flexibility index (Phi) is 8.41. The molecule has 170 valence electrons. The number of aryl methyl sites for hydroxylation is 1. The Balaban J connectivity index is 2.37. The molecule has 0 aliphatic carbocycles. The quantitative estimate of drug-likeness (QED) is 0.410. The third-order valence-corrected chi connectivity index (χ3v) is 6.03. The highest BCUT2D eigenvalue weighted by atomic mass is 32.2. The maximum absolute atomic E-state index is 13.1. The molecule has 1 aliphatic heterocycles. The topological polar surface area (TPSA) is 104 Å². The first-order valence-electron chi connectivity index (χ1n) is 10.3. The molecular formula is C22H33N4O4S+. The summed E-state index contributed by atoms with van der Waals surface area (Å²) in [5.74, 6) is -0.547. The first-order valence-corrected chi connectivity index (χ1v) is 12.4. The number of quaternary nitrogens is 1. The average molecular weight is 450 g/mol. The Hall–Kier alpha value is -2.65. The molecule has 1 aliphatic rings. The summed E-state index contributed by atoms with van der Waals surface area (Å²) in [5.41, 5.74) is 3.07. The number of nitrogens with zero attached hydrogens (tertiary/aromatic N) is 1. The van der Waals surface area contributed by atoms with Crippen LogP contribution in [0, 0.1) is 13.8 Å². The van der Waals surface area contributed by atoms with Crippen molar-refractivity contribution in [1.29, 1.82) is 0 Å². The Morgan fingerprint density at radius 3 is 2.45 bits per heavy atom. The fourth-order valence-corrected chi connectivity index (χ4v) is 3.87. The number of hydrogen-bond donors (Lipinski definition) is 3. The van der Waals surface area contributed by atoms with Crippen LogP contribution in [-0.4, -0.2) is 75.4 Å². The summed E-state index contributed by atoms with van der Waals surface area (Å²) in [4.78, 5) is 32.2. The van der Waals surface area contributed by atoms with Crippen LogP contribution in [0.2, 0.25) is 0 Å². The molecule has 2 amide bonds. The van der Waals surface area contributed by atoms with Crippen LogP contribution in [0.4, 0.5) is 0 Å². The number of rotatable bonds is 7. The minimum absolute atomic E-state index is 0.00839. The number of aromatic nitrogens is 1. The first kappa shape index (κ1) is 24.6. The predicted octanol–water partition coefficient (Wildman–Crippen LogP) is 0.236. The molecule has 1 saturated heterocycles. The van der Waals surface area contributed by atoms with Crippen molar-refractivity contribution >= 4 is 27.7 Å². The molecule has 8 nitrogen and oxygen atoms in total. The number of nitrogens with one attached hydrogen (secondary N) is 3. The number of carbonyl (C=O) groups excluding carboxylic acids is 2. The van der Waals surface area contributed by atoms with Gasteiger partial charge < -0.3 is 20.1 Å². The zero-order valence-electron chi connectivity index (χ0n) is 18.9. The van der Waals surface area contributed by atoms with E-state index in [1.54, 1.807) is 19.1 Å². The van der Waals surface area contributed by atoms with Crippen LogP contribution < -0.4 is 10.2 Å². The van der Waals surface area contributed by atoms with E-state index in [0.29, 0.717) is 24.3 Å². The Labute approximate surface area is 184 Å². The number of sulfone groups is 1. The molecule has 0 bridgehead atoms. The summed E-state index contributed by atoms with van der Waals surface area (Å²) in [6, 6.07) is 0. The lowest BCUT2D eigenvalue weighted by Gasteiger charge is -2.30. The third kappa shape index (κ3) is 6.93. The summed E-state index contributed by atoms with van der Waals surface area (Å²) in [6.45, 7) is 8.74. The molecule has 2 rings (SSSR count). The molecule has 1 aromatic rings. The highest BCUT2D eigenvalue weighted by Crippen LogP contribution is 2.22. The van der Waals surface area contributed by atoms with Crippen LogP contribution in [0.3, 0.4) is 0 Å². The molecule has 0 aromatic carbocycles. The van der Waals surface area contributed by atoms with Crippen LogP contribution in [0.5, 0.6) is 0 Å². The number of likely N-dealkylation sites (N-methyl/N-ethyl adjacent to an activating group) is 1. The van der Waals surface area contributed by atoms with Gasteiger partial charge in [0.15, 0.2) is 9.84 Å². The summed E-state index contributed by atoms with van der Waals surface area (Å²) in [7, 11) is -1.07. The smallest absolute Gasteiger partial charge is 0.256 e. The first-order chi connectivity index (χ1) is 14.5. The number of carbonyl (C=O) groups is 2. The molecular weight excluding hydrogens is 416 g/mol. The largest absolute Gasteiger partial charge is 0.358 e. The third-order valence-electron chi connectivity index (χ3n) is 5.23. The summed E-state index contributed by atoms with van der Waals surface area (Å²) in [5, 5.41) is 2.64. The summed E-state index contributed by atoms with van der Waals surface area (Å²) < 4.78 is 22.9. The van der Waals surface area contributed by atoms with E-state index in [4.69, 9.17) is 0 Å². The van der Waals surface area contributed by atoms with Crippen LogP contribution in [0.1, 0.15) is 34.2 Å². The molecule has 3 N–H and O–H groups in total. The average Bonchev–Trinajstić information content (AvgIpc) is 2.97. The van der Waals surface area contributed by atoms with E-state index in [2.05, 4.69) is 17.3 Å².